The Hall–Kier alpha value is -1.49. The number of ether oxygens (including phenoxy) is 1. The number of Topliss-reactive ketones (excluding diaryl/α,β-unsaturated/α-hetero) is 1. The highest BCUT2D eigenvalue weighted by atomic mass is 16.5. The Bertz CT molecular complexity index is 395. The molecule has 1 aromatic heterocycles. The van der Waals surface area contributed by atoms with Crippen molar-refractivity contribution in [1.29, 1.82) is 0 Å². The average molecular weight is 221 g/mol. The van der Waals surface area contributed by atoms with Crippen molar-refractivity contribution in [3.8, 4) is 5.88 Å². The van der Waals surface area contributed by atoms with Crippen LogP contribution in [0.2, 0.25) is 0 Å². The van der Waals surface area contributed by atoms with Gasteiger partial charge in [0.25, 0.3) is 0 Å². The molecule has 2 atom stereocenters. The number of carbonyl (C=O) groups is 1. The molecule has 0 aliphatic heterocycles. The smallest absolute Gasteiger partial charge is 0.243 e. The molecule has 0 aromatic carbocycles. The fourth-order valence-corrected chi connectivity index (χ4v) is 2.13. The van der Waals surface area contributed by atoms with E-state index < -0.39 is 0 Å². The number of ketones is 1. The Labute approximate surface area is 94.0 Å². The van der Waals surface area contributed by atoms with E-state index in [9.17, 15) is 4.79 Å². The van der Waals surface area contributed by atoms with Crippen molar-refractivity contribution in [3.05, 3.63) is 18.1 Å². The van der Waals surface area contributed by atoms with Crippen molar-refractivity contribution in [1.82, 2.24) is 9.97 Å². The first kappa shape index (κ1) is 11.0. The van der Waals surface area contributed by atoms with E-state index in [0.29, 0.717) is 5.69 Å². The van der Waals surface area contributed by atoms with E-state index in [2.05, 4.69) is 9.97 Å². The molecule has 5 nitrogen and oxygen atoms in total. The lowest BCUT2D eigenvalue weighted by atomic mass is 9.96. The normalized spacial score (nSPS) is 24.4. The topological polar surface area (TPSA) is 78.1 Å². The number of hydrogen-bond acceptors (Lipinski definition) is 5. The zero-order valence-corrected chi connectivity index (χ0v) is 9.22. The van der Waals surface area contributed by atoms with E-state index in [1.165, 1.54) is 19.5 Å². The fourth-order valence-electron chi connectivity index (χ4n) is 2.13. The van der Waals surface area contributed by atoms with E-state index in [1.54, 1.807) is 0 Å². The number of aromatic nitrogens is 2. The van der Waals surface area contributed by atoms with Gasteiger partial charge in [-0.05, 0) is 12.8 Å². The van der Waals surface area contributed by atoms with E-state index in [0.717, 1.165) is 19.3 Å². The molecule has 1 aliphatic carbocycles. The van der Waals surface area contributed by atoms with Crippen LogP contribution < -0.4 is 10.5 Å². The Kier molecular flexibility index (Phi) is 3.14. The number of methoxy groups -OCH3 is 1. The molecule has 5 heteroatoms. The number of hydrogen-bond donors (Lipinski definition) is 1. The van der Waals surface area contributed by atoms with E-state index >= 15 is 0 Å². The zero-order valence-electron chi connectivity index (χ0n) is 9.22. The quantitative estimate of drug-likeness (QED) is 0.764. The molecule has 2 rings (SSSR count). The molecule has 2 N–H and O–H groups in total. The summed E-state index contributed by atoms with van der Waals surface area (Å²) >= 11 is 0. The molecule has 1 aliphatic rings. The predicted molar refractivity (Wildman–Crippen MR) is 58.2 cm³/mol. The van der Waals surface area contributed by atoms with Gasteiger partial charge in [0, 0.05) is 24.4 Å². The molecule has 1 aromatic rings. The van der Waals surface area contributed by atoms with Crippen LogP contribution in [0.25, 0.3) is 0 Å². The summed E-state index contributed by atoms with van der Waals surface area (Å²) in [5, 5.41) is 0. The van der Waals surface area contributed by atoms with Crippen molar-refractivity contribution < 1.29 is 9.53 Å². The molecule has 1 fully saturated rings. The Morgan fingerprint density at radius 3 is 2.81 bits per heavy atom. The average Bonchev–Trinajstić information content (AvgIpc) is 2.74. The SMILES string of the molecule is COc1nccnc1C(=O)C1CCCC1N. The van der Waals surface area contributed by atoms with Crippen LogP contribution in [-0.2, 0) is 0 Å². The maximum absolute atomic E-state index is 12.2. The van der Waals surface area contributed by atoms with Crippen molar-refractivity contribution >= 4 is 5.78 Å². The number of rotatable bonds is 3. The molecule has 1 saturated carbocycles. The number of carbonyl (C=O) groups excluding carboxylic acids is 1. The second kappa shape index (κ2) is 4.57. The Balaban J connectivity index is 2.26. The Morgan fingerprint density at radius 2 is 2.19 bits per heavy atom. The molecule has 2 unspecified atom stereocenters. The van der Waals surface area contributed by atoms with Crippen LogP contribution in [0.4, 0.5) is 0 Å². The van der Waals surface area contributed by atoms with Crippen LogP contribution in [0.1, 0.15) is 29.8 Å². The third-order valence-corrected chi connectivity index (χ3v) is 3.00. The van der Waals surface area contributed by atoms with Crippen LogP contribution in [0.15, 0.2) is 12.4 Å². The number of nitrogens with two attached hydrogens (primary N) is 1. The minimum Gasteiger partial charge on any atom is -0.479 e. The highest BCUT2D eigenvalue weighted by Gasteiger charge is 2.33. The second-order valence-electron chi connectivity index (χ2n) is 3.98. The first-order chi connectivity index (χ1) is 7.74. The van der Waals surface area contributed by atoms with Crippen LogP contribution in [0.5, 0.6) is 5.88 Å². The van der Waals surface area contributed by atoms with Gasteiger partial charge in [-0.3, -0.25) is 4.79 Å². The van der Waals surface area contributed by atoms with Crippen LogP contribution in [-0.4, -0.2) is 28.9 Å². The van der Waals surface area contributed by atoms with Crippen LogP contribution >= 0.6 is 0 Å². The third kappa shape index (κ3) is 1.90. The highest BCUT2D eigenvalue weighted by Crippen LogP contribution is 2.28. The van der Waals surface area contributed by atoms with Gasteiger partial charge in [-0.1, -0.05) is 6.42 Å². The van der Waals surface area contributed by atoms with Gasteiger partial charge < -0.3 is 10.5 Å². The Morgan fingerprint density at radius 1 is 1.44 bits per heavy atom. The monoisotopic (exact) mass is 221 g/mol. The van der Waals surface area contributed by atoms with Gasteiger partial charge in [0.1, 0.15) is 0 Å². The van der Waals surface area contributed by atoms with Crippen molar-refractivity contribution in [2.24, 2.45) is 11.7 Å². The molecule has 86 valence electrons. The standard InChI is InChI=1S/C11H15N3O2/c1-16-11-9(13-5-6-14-11)10(15)7-3-2-4-8(7)12/h5-8H,2-4,12H2,1H3. The highest BCUT2D eigenvalue weighted by molar-refractivity contribution is 5.98. The summed E-state index contributed by atoms with van der Waals surface area (Å²) in [7, 11) is 1.48. The summed E-state index contributed by atoms with van der Waals surface area (Å²) in [4.78, 5) is 20.2. The van der Waals surface area contributed by atoms with E-state index in [4.69, 9.17) is 10.5 Å². The van der Waals surface area contributed by atoms with Gasteiger partial charge in [-0.25, -0.2) is 9.97 Å². The van der Waals surface area contributed by atoms with Crippen molar-refractivity contribution in [3.63, 3.8) is 0 Å². The predicted octanol–water partition coefficient (Wildman–Crippen LogP) is 0.795. The lowest BCUT2D eigenvalue weighted by molar-refractivity contribution is 0.0904. The maximum atomic E-state index is 12.2. The largest absolute Gasteiger partial charge is 0.479 e. The summed E-state index contributed by atoms with van der Waals surface area (Å²) in [5.74, 6) is 0.104. The van der Waals surface area contributed by atoms with Gasteiger partial charge in [0.2, 0.25) is 5.88 Å². The summed E-state index contributed by atoms with van der Waals surface area (Å²) in [5.41, 5.74) is 6.20. The third-order valence-electron chi connectivity index (χ3n) is 3.00. The van der Waals surface area contributed by atoms with Gasteiger partial charge in [-0.15, -0.1) is 0 Å². The fraction of sp³-hybridized carbons (Fsp3) is 0.545. The van der Waals surface area contributed by atoms with Crippen molar-refractivity contribution in [2.45, 2.75) is 25.3 Å². The lowest BCUT2D eigenvalue weighted by Gasteiger charge is -2.14. The summed E-state index contributed by atoms with van der Waals surface area (Å²) in [6, 6.07) is -0.0563. The van der Waals surface area contributed by atoms with Crippen molar-refractivity contribution in [2.75, 3.05) is 7.11 Å². The molecule has 0 radical (unpaired) electrons. The maximum Gasteiger partial charge on any atom is 0.243 e. The molecule has 1 heterocycles. The molecule has 16 heavy (non-hydrogen) atoms. The molecule has 0 amide bonds. The van der Waals surface area contributed by atoms with Gasteiger partial charge in [0.15, 0.2) is 11.5 Å². The van der Waals surface area contributed by atoms with Crippen LogP contribution in [0.3, 0.4) is 0 Å². The summed E-state index contributed by atoms with van der Waals surface area (Å²) in [6.07, 6.45) is 5.74. The van der Waals surface area contributed by atoms with E-state index in [-0.39, 0.29) is 23.6 Å². The minimum atomic E-state index is -0.134. The molecular formula is C11H15N3O2. The molecule has 0 bridgehead atoms. The summed E-state index contributed by atoms with van der Waals surface area (Å²) < 4.78 is 5.03. The van der Waals surface area contributed by atoms with Gasteiger partial charge in [-0.2, -0.15) is 0 Å². The minimum absolute atomic E-state index is 0.0463. The summed E-state index contributed by atoms with van der Waals surface area (Å²) in [6.45, 7) is 0. The number of nitrogens with zero attached hydrogens (tertiary/aromatic N) is 2. The van der Waals surface area contributed by atoms with Gasteiger partial charge >= 0.3 is 0 Å². The first-order valence-corrected chi connectivity index (χ1v) is 5.39. The lowest BCUT2D eigenvalue weighted by Crippen LogP contribution is -2.31. The van der Waals surface area contributed by atoms with Gasteiger partial charge in [0.05, 0.1) is 7.11 Å². The van der Waals surface area contributed by atoms with Crippen LogP contribution in [0, 0.1) is 5.92 Å². The molecule has 0 spiro atoms. The molecule has 0 saturated heterocycles. The van der Waals surface area contributed by atoms with E-state index in [1.807, 2.05) is 0 Å². The zero-order chi connectivity index (χ0) is 11.5. The molecular weight excluding hydrogens is 206 g/mol. The second-order valence-corrected chi connectivity index (χ2v) is 3.98. The first-order valence-electron chi connectivity index (χ1n) is 5.39.